The lowest BCUT2D eigenvalue weighted by atomic mass is 10.3. The van der Waals surface area contributed by atoms with Gasteiger partial charge in [-0.3, -0.25) is 0 Å². The van der Waals surface area contributed by atoms with E-state index in [4.69, 9.17) is 4.42 Å². The van der Waals surface area contributed by atoms with Crippen LogP contribution in [0.4, 0.5) is 0 Å². The molecule has 1 aromatic heterocycles. The average Bonchev–Trinajstić information content (AvgIpc) is 2.70. The van der Waals surface area contributed by atoms with Crippen molar-refractivity contribution in [1.29, 1.82) is 0 Å². The van der Waals surface area contributed by atoms with Crippen LogP contribution in [0.5, 0.6) is 0 Å². The van der Waals surface area contributed by atoms with Gasteiger partial charge in [-0.05, 0) is 54.6 Å². The minimum Gasteiger partial charge on any atom is -0.457 e. The lowest BCUT2D eigenvalue weighted by Gasteiger charge is -2.17. The van der Waals surface area contributed by atoms with E-state index in [0.29, 0.717) is 0 Å². The number of hydrogen-bond acceptors (Lipinski definition) is 3. The molecule has 0 atom stereocenters. The average molecular weight is 289 g/mol. The molecule has 0 saturated heterocycles. The quantitative estimate of drug-likeness (QED) is 0.746. The van der Waals surface area contributed by atoms with Gasteiger partial charge in [0.2, 0.25) is 0 Å². The summed E-state index contributed by atoms with van der Waals surface area (Å²) < 4.78 is 6.00. The summed E-state index contributed by atoms with van der Waals surface area (Å²) in [6.45, 7) is 9.79. The number of halogens is 1. The maximum Gasteiger partial charge on any atom is 0.173 e. The van der Waals surface area contributed by atoms with Crippen molar-refractivity contribution in [2.75, 3.05) is 26.2 Å². The highest BCUT2D eigenvalue weighted by Gasteiger charge is 2.02. The van der Waals surface area contributed by atoms with Crippen LogP contribution in [0.1, 0.15) is 25.8 Å². The van der Waals surface area contributed by atoms with Gasteiger partial charge in [-0.15, -0.1) is 0 Å². The lowest BCUT2D eigenvalue weighted by Crippen LogP contribution is -2.27. The number of furan rings is 1. The second-order valence-corrected chi connectivity index (χ2v) is 4.50. The fourth-order valence-corrected chi connectivity index (χ4v) is 2.02. The van der Waals surface area contributed by atoms with Gasteiger partial charge in [0.05, 0.1) is 6.26 Å². The van der Waals surface area contributed by atoms with Crippen molar-refractivity contribution < 1.29 is 4.42 Å². The van der Waals surface area contributed by atoms with Crippen LogP contribution in [0.3, 0.4) is 0 Å². The summed E-state index contributed by atoms with van der Waals surface area (Å²) in [4.78, 5) is 2.44. The largest absolute Gasteiger partial charge is 0.457 e. The summed E-state index contributed by atoms with van der Waals surface area (Å²) >= 11 is 3.37. The van der Waals surface area contributed by atoms with Crippen molar-refractivity contribution in [1.82, 2.24) is 10.2 Å². The highest BCUT2D eigenvalue weighted by molar-refractivity contribution is 9.10. The molecule has 0 saturated carbocycles. The SMILES string of the molecule is CCN(CC)CCCNCc1ccoc1Br. The standard InChI is InChI=1S/C12H21BrN2O/c1-3-15(4-2)8-5-7-14-10-11-6-9-16-12(11)13/h6,9,14H,3-5,7-8,10H2,1-2H3. The predicted molar refractivity (Wildman–Crippen MR) is 70.5 cm³/mol. The molecule has 0 aromatic carbocycles. The maximum atomic E-state index is 5.16. The summed E-state index contributed by atoms with van der Waals surface area (Å²) in [6.07, 6.45) is 2.90. The Morgan fingerprint density at radius 1 is 1.38 bits per heavy atom. The van der Waals surface area contributed by atoms with Gasteiger partial charge in [-0.1, -0.05) is 13.8 Å². The minimum atomic E-state index is 0.837. The molecule has 1 N–H and O–H groups in total. The van der Waals surface area contributed by atoms with Crippen molar-refractivity contribution in [2.45, 2.75) is 26.8 Å². The van der Waals surface area contributed by atoms with E-state index in [-0.39, 0.29) is 0 Å². The van der Waals surface area contributed by atoms with E-state index >= 15 is 0 Å². The maximum absolute atomic E-state index is 5.16. The van der Waals surface area contributed by atoms with E-state index in [1.54, 1.807) is 6.26 Å². The molecule has 92 valence electrons. The molecule has 1 rings (SSSR count). The Hall–Kier alpha value is -0.320. The van der Waals surface area contributed by atoms with E-state index < -0.39 is 0 Å². The third-order valence-corrected chi connectivity index (χ3v) is 3.43. The summed E-state index contributed by atoms with van der Waals surface area (Å²) in [7, 11) is 0. The normalized spacial score (nSPS) is 11.2. The predicted octanol–water partition coefficient (Wildman–Crippen LogP) is 2.86. The zero-order valence-corrected chi connectivity index (χ0v) is 11.7. The molecule has 1 aromatic rings. The van der Waals surface area contributed by atoms with E-state index in [1.807, 2.05) is 6.07 Å². The van der Waals surface area contributed by atoms with Crippen LogP contribution in [0, 0.1) is 0 Å². The number of nitrogens with one attached hydrogen (secondary N) is 1. The highest BCUT2D eigenvalue weighted by atomic mass is 79.9. The first-order valence-electron chi connectivity index (χ1n) is 5.92. The molecular weight excluding hydrogens is 268 g/mol. The van der Waals surface area contributed by atoms with Crippen LogP contribution in [0.2, 0.25) is 0 Å². The van der Waals surface area contributed by atoms with Crippen molar-refractivity contribution >= 4 is 15.9 Å². The van der Waals surface area contributed by atoms with Crippen LogP contribution in [-0.2, 0) is 6.54 Å². The third-order valence-electron chi connectivity index (χ3n) is 2.73. The first kappa shape index (κ1) is 13.7. The summed E-state index contributed by atoms with van der Waals surface area (Å²) in [5, 5.41) is 3.42. The highest BCUT2D eigenvalue weighted by Crippen LogP contribution is 2.16. The summed E-state index contributed by atoms with van der Waals surface area (Å²) in [6, 6.07) is 1.99. The molecule has 0 spiro atoms. The second-order valence-electron chi connectivity index (χ2n) is 3.78. The van der Waals surface area contributed by atoms with Crippen molar-refractivity contribution in [3.8, 4) is 0 Å². The van der Waals surface area contributed by atoms with Gasteiger partial charge in [0.25, 0.3) is 0 Å². The van der Waals surface area contributed by atoms with Gasteiger partial charge in [0.15, 0.2) is 4.67 Å². The van der Waals surface area contributed by atoms with Gasteiger partial charge >= 0.3 is 0 Å². The van der Waals surface area contributed by atoms with Crippen molar-refractivity contribution in [3.05, 3.63) is 22.6 Å². The molecule has 0 aliphatic rings. The zero-order chi connectivity index (χ0) is 11.8. The fraction of sp³-hybridized carbons (Fsp3) is 0.667. The molecule has 1 heterocycles. The minimum absolute atomic E-state index is 0.837. The molecule has 3 nitrogen and oxygen atoms in total. The zero-order valence-electron chi connectivity index (χ0n) is 10.1. The van der Waals surface area contributed by atoms with Crippen LogP contribution in [0.25, 0.3) is 0 Å². The topological polar surface area (TPSA) is 28.4 Å². The Kier molecular flexibility index (Phi) is 6.76. The van der Waals surface area contributed by atoms with Crippen LogP contribution >= 0.6 is 15.9 Å². The smallest absolute Gasteiger partial charge is 0.173 e. The van der Waals surface area contributed by atoms with Crippen LogP contribution in [-0.4, -0.2) is 31.1 Å². The molecule has 16 heavy (non-hydrogen) atoms. The van der Waals surface area contributed by atoms with Gasteiger partial charge in [0.1, 0.15) is 0 Å². The van der Waals surface area contributed by atoms with E-state index in [2.05, 4.69) is 40.0 Å². The lowest BCUT2D eigenvalue weighted by molar-refractivity contribution is 0.298. The fourth-order valence-electron chi connectivity index (χ4n) is 1.64. The second kappa shape index (κ2) is 7.87. The van der Waals surface area contributed by atoms with Crippen LogP contribution < -0.4 is 5.32 Å². The van der Waals surface area contributed by atoms with Gasteiger partial charge in [-0.25, -0.2) is 0 Å². The van der Waals surface area contributed by atoms with E-state index in [0.717, 1.165) is 30.8 Å². The monoisotopic (exact) mass is 288 g/mol. The van der Waals surface area contributed by atoms with E-state index in [1.165, 1.54) is 18.5 Å². The summed E-state index contributed by atoms with van der Waals surface area (Å²) in [5.41, 5.74) is 1.18. The molecular formula is C12H21BrN2O. The Balaban J connectivity index is 2.06. The molecule has 0 aliphatic carbocycles. The Labute approximate surface area is 106 Å². The molecule has 0 unspecified atom stereocenters. The molecule has 4 heteroatoms. The number of nitrogens with zero attached hydrogens (tertiary/aromatic N) is 1. The third kappa shape index (κ3) is 4.68. The molecule has 0 amide bonds. The first-order chi connectivity index (χ1) is 7.77. The Bertz CT molecular complexity index is 284. The van der Waals surface area contributed by atoms with Crippen LogP contribution in [0.15, 0.2) is 21.4 Å². The molecule has 0 radical (unpaired) electrons. The van der Waals surface area contributed by atoms with Gasteiger partial charge < -0.3 is 14.6 Å². The summed E-state index contributed by atoms with van der Waals surface area (Å²) in [5.74, 6) is 0. The van der Waals surface area contributed by atoms with Gasteiger partial charge in [0, 0.05) is 12.1 Å². The van der Waals surface area contributed by atoms with E-state index in [9.17, 15) is 0 Å². The van der Waals surface area contributed by atoms with Gasteiger partial charge in [-0.2, -0.15) is 0 Å². The first-order valence-corrected chi connectivity index (χ1v) is 6.72. The molecule has 0 aliphatic heterocycles. The Morgan fingerprint density at radius 2 is 2.12 bits per heavy atom. The number of rotatable bonds is 8. The number of hydrogen-bond donors (Lipinski definition) is 1. The Morgan fingerprint density at radius 3 is 2.69 bits per heavy atom. The molecule has 0 bridgehead atoms. The molecule has 0 fully saturated rings. The van der Waals surface area contributed by atoms with Crippen molar-refractivity contribution in [2.24, 2.45) is 0 Å². The van der Waals surface area contributed by atoms with Crippen molar-refractivity contribution in [3.63, 3.8) is 0 Å².